The van der Waals surface area contributed by atoms with E-state index in [-0.39, 0.29) is 37.1 Å². The fourth-order valence-electron chi connectivity index (χ4n) is 8.94. The van der Waals surface area contributed by atoms with Crippen molar-refractivity contribution in [3.63, 3.8) is 0 Å². The van der Waals surface area contributed by atoms with Gasteiger partial charge in [0.2, 0.25) is 0 Å². The molecule has 0 saturated carbocycles. The number of para-hydroxylation sites is 1. The number of amides is 5. The predicted molar refractivity (Wildman–Crippen MR) is 216 cm³/mol. The van der Waals surface area contributed by atoms with Crippen LogP contribution in [0.25, 0.3) is 0 Å². The molecule has 3 fully saturated rings. The molecule has 0 aromatic heterocycles. The molecule has 1 N–H and O–H groups in total. The number of carbonyl (C=O) groups is 4. The summed E-state index contributed by atoms with van der Waals surface area (Å²) in [5.74, 6) is 1.11. The topological polar surface area (TPSA) is 133 Å². The van der Waals surface area contributed by atoms with Gasteiger partial charge in [-0.05, 0) is 73.4 Å². The van der Waals surface area contributed by atoms with E-state index in [1.54, 1.807) is 9.80 Å². The summed E-state index contributed by atoms with van der Waals surface area (Å²) in [6.07, 6.45) is 2.04. The molecule has 3 aromatic rings. The van der Waals surface area contributed by atoms with Crippen LogP contribution in [0, 0.1) is 6.92 Å². The Hall–Kier alpha value is -5.50. The van der Waals surface area contributed by atoms with E-state index in [1.165, 1.54) is 0 Å². The SMILES string of the molecule is Cc1cc(CC(OC(=O)N2CCC(N3CCc4ccccc4NC3=O)CC2)C(=O)N2CCN(C3CCN(C(=O)OCc4ccccc4)CC3)CC2)cc2c1OCCO2. The maximum Gasteiger partial charge on any atom is 0.410 e. The van der Waals surface area contributed by atoms with Gasteiger partial charge in [0, 0.05) is 83.1 Å². The van der Waals surface area contributed by atoms with Crippen LogP contribution in [-0.2, 0) is 33.7 Å². The van der Waals surface area contributed by atoms with Crippen LogP contribution in [0.1, 0.15) is 47.9 Å². The Morgan fingerprint density at radius 3 is 2.17 bits per heavy atom. The van der Waals surface area contributed by atoms with Gasteiger partial charge in [-0.15, -0.1) is 0 Å². The van der Waals surface area contributed by atoms with Gasteiger partial charge < -0.3 is 43.9 Å². The summed E-state index contributed by atoms with van der Waals surface area (Å²) >= 11 is 0. The molecule has 3 aromatic carbocycles. The monoisotopic (exact) mass is 794 g/mol. The first-order chi connectivity index (χ1) is 28.3. The molecule has 5 aliphatic heterocycles. The zero-order chi connectivity index (χ0) is 40.0. The molecule has 5 amide bonds. The molecule has 308 valence electrons. The molecule has 14 heteroatoms. The number of ether oxygens (including phenoxy) is 4. The van der Waals surface area contributed by atoms with E-state index >= 15 is 0 Å². The molecule has 8 rings (SSSR count). The van der Waals surface area contributed by atoms with Crippen LogP contribution in [0.2, 0.25) is 0 Å². The molecule has 1 atom stereocenters. The van der Waals surface area contributed by atoms with Crippen molar-refractivity contribution >= 4 is 29.8 Å². The molecule has 5 heterocycles. The first-order valence-corrected chi connectivity index (χ1v) is 20.8. The summed E-state index contributed by atoms with van der Waals surface area (Å²) < 4.78 is 23.4. The standard InChI is InChI=1S/C44H54N6O8/c1-31-27-33(28-38-40(31)56-26-25-55-38)29-39(58-44(54)49-18-14-36(15-19-49)50-20-11-34-9-5-6-10-37(34)45-42(50)52)41(51)47-23-21-46(22-24-47)35-12-16-48(17-13-35)43(53)57-30-32-7-3-2-4-8-32/h2-10,27-28,35-36,39H,11-26,29-30H2,1H3,(H,45,52). The van der Waals surface area contributed by atoms with Crippen LogP contribution in [-0.4, -0.2) is 139 Å². The van der Waals surface area contributed by atoms with Gasteiger partial charge in [0.15, 0.2) is 17.6 Å². The predicted octanol–water partition coefficient (Wildman–Crippen LogP) is 5.31. The highest BCUT2D eigenvalue weighted by molar-refractivity contribution is 5.91. The lowest BCUT2D eigenvalue weighted by Crippen LogP contribution is -2.57. The first kappa shape index (κ1) is 39.3. The molecule has 0 radical (unpaired) electrons. The third-order valence-corrected chi connectivity index (χ3v) is 12.2. The van der Waals surface area contributed by atoms with Gasteiger partial charge in [-0.3, -0.25) is 9.69 Å². The second-order valence-electron chi connectivity index (χ2n) is 15.9. The van der Waals surface area contributed by atoms with Crippen molar-refractivity contribution in [2.45, 2.75) is 70.2 Å². The van der Waals surface area contributed by atoms with Gasteiger partial charge in [-0.25, -0.2) is 14.4 Å². The summed E-state index contributed by atoms with van der Waals surface area (Å²) in [5, 5.41) is 3.06. The number of piperazine rings is 1. The van der Waals surface area contributed by atoms with E-state index in [0.717, 1.165) is 47.2 Å². The second kappa shape index (κ2) is 18.0. The lowest BCUT2D eigenvalue weighted by atomic mass is 10.0. The number of hydrogen-bond donors (Lipinski definition) is 1. The molecule has 14 nitrogen and oxygen atoms in total. The summed E-state index contributed by atoms with van der Waals surface area (Å²) in [7, 11) is 0. The second-order valence-corrected chi connectivity index (χ2v) is 15.9. The Balaban J connectivity index is 0.865. The van der Waals surface area contributed by atoms with Crippen molar-refractivity contribution in [2.75, 3.05) is 77.4 Å². The number of rotatable bonds is 8. The Morgan fingerprint density at radius 1 is 0.741 bits per heavy atom. The average molecular weight is 795 g/mol. The Labute approximate surface area is 339 Å². The minimum Gasteiger partial charge on any atom is -0.486 e. The molecule has 58 heavy (non-hydrogen) atoms. The largest absolute Gasteiger partial charge is 0.486 e. The highest BCUT2D eigenvalue weighted by atomic mass is 16.6. The van der Waals surface area contributed by atoms with Gasteiger partial charge >= 0.3 is 18.2 Å². The number of nitrogens with one attached hydrogen (secondary N) is 1. The van der Waals surface area contributed by atoms with Crippen molar-refractivity contribution in [1.82, 2.24) is 24.5 Å². The quantitative estimate of drug-likeness (QED) is 0.322. The van der Waals surface area contributed by atoms with Gasteiger partial charge in [-0.1, -0.05) is 54.6 Å². The third-order valence-electron chi connectivity index (χ3n) is 12.2. The van der Waals surface area contributed by atoms with Crippen LogP contribution in [0.4, 0.5) is 20.1 Å². The third kappa shape index (κ3) is 9.12. The summed E-state index contributed by atoms with van der Waals surface area (Å²) in [6.45, 7) is 8.25. The number of anilines is 1. The number of benzene rings is 3. The van der Waals surface area contributed by atoms with Crippen LogP contribution >= 0.6 is 0 Å². The van der Waals surface area contributed by atoms with Gasteiger partial charge in [-0.2, -0.15) is 0 Å². The molecule has 5 aliphatic rings. The Kier molecular flexibility index (Phi) is 12.2. The van der Waals surface area contributed by atoms with Crippen LogP contribution in [0.5, 0.6) is 11.5 Å². The summed E-state index contributed by atoms with van der Waals surface area (Å²) in [4.78, 5) is 63.7. The molecule has 3 saturated heterocycles. The Bertz CT molecular complexity index is 1940. The van der Waals surface area contributed by atoms with Crippen molar-refractivity contribution < 1.29 is 38.1 Å². The number of likely N-dealkylation sites (tertiary alicyclic amines) is 2. The smallest absolute Gasteiger partial charge is 0.410 e. The normalized spacial score (nSPS) is 19.8. The number of carbonyl (C=O) groups excluding carboxylic acids is 4. The van der Waals surface area contributed by atoms with Gasteiger partial charge in [0.25, 0.3) is 5.91 Å². The average Bonchev–Trinajstić information content (AvgIpc) is 3.43. The van der Waals surface area contributed by atoms with E-state index in [2.05, 4.69) is 10.2 Å². The number of piperidine rings is 2. The van der Waals surface area contributed by atoms with Crippen LogP contribution in [0.3, 0.4) is 0 Å². The zero-order valence-electron chi connectivity index (χ0n) is 33.3. The van der Waals surface area contributed by atoms with Gasteiger partial charge in [0.05, 0.1) is 0 Å². The minimum atomic E-state index is -1.03. The molecule has 0 bridgehead atoms. The van der Waals surface area contributed by atoms with E-state index in [4.69, 9.17) is 18.9 Å². The molecular weight excluding hydrogens is 741 g/mol. The first-order valence-electron chi connectivity index (χ1n) is 20.8. The van der Waals surface area contributed by atoms with Crippen molar-refractivity contribution in [1.29, 1.82) is 0 Å². The lowest BCUT2D eigenvalue weighted by molar-refractivity contribution is -0.143. The maximum atomic E-state index is 14.3. The summed E-state index contributed by atoms with van der Waals surface area (Å²) in [5.41, 5.74) is 4.65. The van der Waals surface area contributed by atoms with E-state index in [1.807, 2.05) is 83.5 Å². The molecule has 1 unspecified atom stereocenters. The number of urea groups is 1. The lowest BCUT2D eigenvalue weighted by Gasteiger charge is -2.43. The van der Waals surface area contributed by atoms with Crippen molar-refractivity contribution in [3.8, 4) is 11.5 Å². The number of hydrogen-bond acceptors (Lipinski definition) is 9. The number of aryl methyl sites for hydroxylation is 1. The fourth-order valence-corrected chi connectivity index (χ4v) is 8.94. The van der Waals surface area contributed by atoms with E-state index in [0.29, 0.717) is 102 Å². The fraction of sp³-hybridized carbons (Fsp3) is 0.500. The van der Waals surface area contributed by atoms with E-state index < -0.39 is 12.2 Å². The highest BCUT2D eigenvalue weighted by Crippen LogP contribution is 2.35. The number of nitrogens with zero attached hydrogens (tertiary/aromatic N) is 5. The highest BCUT2D eigenvalue weighted by Gasteiger charge is 2.37. The van der Waals surface area contributed by atoms with Crippen molar-refractivity contribution in [3.05, 3.63) is 89.0 Å². The molecular formula is C44H54N6O8. The molecule has 0 aliphatic carbocycles. The van der Waals surface area contributed by atoms with E-state index in [9.17, 15) is 19.2 Å². The molecule has 0 spiro atoms. The Morgan fingerprint density at radius 2 is 1.41 bits per heavy atom. The number of fused-ring (bicyclic) bond motifs is 2. The minimum absolute atomic E-state index is 0.00604. The van der Waals surface area contributed by atoms with Crippen LogP contribution in [0.15, 0.2) is 66.7 Å². The van der Waals surface area contributed by atoms with Gasteiger partial charge in [0.1, 0.15) is 19.8 Å². The van der Waals surface area contributed by atoms with Crippen molar-refractivity contribution in [2.24, 2.45) is 0 Å². The summed E-state index contributed by atoms with van der Waals surface area (Å²) in [6, 6.07) is 21.6. The maximum absolute atomic E-state index is 14.3. The van der Waals surface area contributed by atoms with Crippen LogP contribution < -0.4 is 14.8 Å². The zero-order valence-corrected chi connectivity index (χ0v) is 33.3.